The number of rotatable bonds is 2. The maximum Gasteiger partial charge on any atom is 0.178 e. The van der Waals surface area contributed by atoms with Gasteiger partial charge in [0.1, 0.15) is 5.82 Å². The van der Waals surface area contributed by atoms with Gasteiger partial charge in [-0.2, -0.15) is 0 Å². The lowest BCUT2D eigenvalue weighted by Crippen LogP contribution is -1.73. The number of hydrogen-bond donors (Lipinski definition) is 0. The lowest BCUT2D eigenvalue weighted by Gasteiger charge is -1.94. The Morgan fingerprint density at radius 1 is 1.29 bits per heavy atom. The van der Waals surface area contributed by atoms with Gasteiger partial charge in [0.25, 0.3) is 0 Å². The van der Waals surface area contributed by atoms with Gasteiger partial charge in [0.05, 0.1) is 4.88 Å². The van der Waals surface area contributed by atoms with E-state index in [0.29, 0.717) is 11.3 Å². The van der Waals surface area contributed by atoms with Crippen molar-refractivity contribution in [2.75, 3.05) is 0 Å². The van der Waals surface area contributed by atoms with Crippen LogP contribution in [0.1, 0.15) is 9.80 Å². The number of halogens is 1. The Bertz CT molecular complexity index is 449. The molecule has 0 unspecified atom stereocenters. The summed E-state index contributed by atoms with van der Waals surface area (Å²) in [6, 6.07) is 6.10. The maximum absolute atomic E-state index is 12.6. The molecule has 0 aliphatic heterocycles. The van der Waals surface area contributed by atoms with Crippen molar-refractivity contribution >= 4 is 17.6 Å². The highest BCUT2D eigenvalue weighted by Crippen LogP contribution is 2.25. The predicted octanol–water partition coefficient (Wildman–Crippen LogP) is 2.76. The van der Waals surface area contributed by atoms with E-state index >= 15 is 0 Å². The third-order valence-corrected chi connectivity index (χ3v) is 2.72. The Balaban J connectivity index is 2.39. The minimum absolute atomic E-state index is 0.270. The lowest BCUT2D eigenvalue weighted by molar-refractivity contribution is 0.112. The van der Waals surface area contributed by atoms with Crippen LogP contribution in [0.15, 0.2) is 30.5 Å². The summed E-state index contributed by atoms with van der Waals surface area (Å²) in [6.45, 7) is 0. The van der Waals surface area contributed by atoms with Gasteiger partial charge in [0.2, 0.25) is 0 Å². The summed E-state index contributed by atoms with van der Waals surface area (Å²) in [5.74, 6) is -0.270. The molecule has 0 saturated carbocycles. The van der Waals surface area contributed by atoms with Crippen molar-refractivity contribution in [2.24, 2.45) is 0 Å². The average Bonchev–Trinajstić information content (AvgIpc) is 2.67. The summed E-state index contributed by atoms with van der Waals surface area (Å²) < 4.78 is 12.6. The SMILES string of the molecule is O=Cc1ncc(-c2ccc(F)cc2)s1. The topological polar surface area (TPSA) is 30.0 Å². The first-order chi connectivity index (χ1) is 6.79. The highest BCUT2D eigenvalue weighted by Gasteiger charge is 2.03. The molecule has 2 nitrogen and oxygen atoms in total. The molecule has 1 aromatic heterocycles. The largest absolute Gasteiger partial charge is 0.295 e. The third kappa shape index (κ3) is 1.70. The van der Waals surface area contributed by atoms with E-state index in [9.17, 15) is 9.18 Å². The summed E-state index contributed by atoms with van der Waals surface area (Å²) >= 11 is 1.29. The number of thiazole rings is 1. The fourth-order valence-corrected chi connectivity index (χ4v) is 1.83. The molecule has 0 atom stereocenters. The van der Waals surface area contributed by atoms with Crippen LogP contribution in [0.4, 0.5) is 4.39 Å². The fraction of sp³-hybridized carbons (Fsp3) is 0. The molecule has 0 radical (unpaired) electrons. The van der Waals surface area contributed by atoms with Gasteiger partial charge in [-0.3, -0.25) is 4.79 Å². The van der Waals surface area contributed by atoms with Crippen molar-refractivity contribution in [1.29, 1.82) is 0 Å². The van der Waals surface area contributed by atoms with E-state index in [1.807, 2.05) is 0 Å². The molecule has 0 N–H and O–H groups in total. The molecular weight excluding hydrogens is 201 g/mol. The monoisotopic (exact) mass is 207 g/mol. The van der Waals surface area contributed by atoms with E-state index in [0.717, 1.165) is 10.4 Å². The van der Waals surface area contributed by atoms with Gasteiger partial charge in [-0.05, 0) is 17.7 Å². The zero-order chi connectivity index (χ0) is 9.97. The van der Waals surface area contributed by atoms with E-state index in [2.05, 4.69) is 4.98 Å². The van der Waals surface area contributed by atoms with Crippen molar-refractivity contribution in [3.63, 3.8) is 0 Å². The molecule has 14 heavy (non-hydrogen) atoms. The zero-order valence-corrected chi connectivity index (χ0v) is 7.92. The molecular formula is C10H6FNOS. The minimum atomic E-state index is -0.270. The van der Waals surface area contributed by atoms with Gasteiger partial charge < -0.3 is 0 Å². The normalized spacial score (nSPS) is 10.1. The number of benzene rings is 1. The molecule has 0 aliphatic carbocycles. The first kappa shape index (κ1) is 9.02. The molecule has 0 amide bonds. The fourth-order valence-electron chi connectivity index (χ4n) is 1.09. The summed E-state index contributed by atoms with van der Waals surface area (Å²) in [4.78, 5) is 15.2. The van der Waals surface area contributed by atoms with E-state index in [1.165, 1.54) is 23.5 Å². The molecule has 0 bridgehead atoms. The Hall–Kier alpha value is -1.55. The number of nitrogens with zero attached hydrogens (tertiary/aromatic N) is 1. The Kier molecular flexibility index (Phi) is 2.37. The molecule has 0 saturated heterocycles. The minimum Gasteiger partial charge on any atom is -0.295 e. The number of carbonyl (C=O) groups is 1. The van der Waals surface area contributed by atoms with Gasteiger partial charge in [0, 0.05) is 6.20 Å². The van der Waals surface area contributed by atoms with Gasteiger partial charge in [-0.15, -0.1) is 11.3 Å². The maximum atomic E-state index is 12.6. The molecule has 4 heteroatoms. The van der Waals surface area contributed by atoms with Crippen LogP contribution in [0.3, 0.4) is 0 Å². The van der Waals surface area contributed by atoms with Crippen molar-refractivity contribution in [2.45, 2.75) is 0 Å². The average molecular weight is 207 g/mol. The molecule has 0 spiro atoms. The Labute approximate surface area is 84.0 Å². The second-order valence-corrected chi connectivity index (χ2v) is 3.75. The van der Waals surface area contributed by atoms with Crippen LogP contribution in [0.5, 0.6) is 0 Å². The standard InChI is InChI=1S/C10H6FNOS/c11-8-3-1-7(2-4-8)9-5-12-10(6-13)14-9/h1-6H. The molecule has 0 aliphatic rings. The Morgan fingerprint density at radius 3 is 2.57 bits per heavy atom. The van der Waals surface area contributed by atoms with Crippen molar-refractivity contribution in [3.05, 3.63) is 41.3 Å². The number of hydrogen-bond acceptors (Lipinski definition) is 3. The highest BCUT2D eigenvalue weighted by atomic mass is 32.1. The predicted molar refractivity (Wildman–Crippen MR) is 52.9 cm³/mol. The van der Waals surface area contributed by atoms with Crippen LogP contribution < -0.4 is 0 Å². The zero-order valence-electron chi connectivity index (χ0n) is 7.11. The molecule has 2 aromatic rings. The summed E-state index contributed by atoms with van der Waals surface area (Å²) in [7, 11) is 0. The molecule has 1 aromatic carbocycles. The van der Waals surface area contributed by atoms with Gasteiger partial charge in [-0.25, -0.2) is 9.37 Å². The number of aldehydes is 1. The van der Waals surface area contributed by atoms with Crippen LogP contribution in [0.2, 0.25) is 0 Å². The van der Waals surface area contributed by atoms with Crippen molar-refractivity contribution < 1.29 is 9.18 Å². The lowest BCUT2D eigenvalue weighted by atomic mass is 10.2. The quantitative estimate of drug-likeness (QED) is 0.709. The molecule has 2 rings (SSSR count). The van der Waals surface area contributed by atoms with Crippen LogP contribution >= 0.6 is 11.3 Å². The van der Waals surface area contributed by atoms with Crippen molar-refractivity contribution in [3.8, 4) is 10.4 Å². The van der Waals surface area contributed by atoms with Crippen LogP contribution in [-0.2, 0) is 0 Å². The van der Waals surface area contributed by atoms with E-state index in [1.54, 1.807) is 18.3 Å². The van der Waals surface area contributed by atoms with E-state index in [4.69, 9.17) is 0 Å². The smallest absolute Gasteiger partial charge is 0.178 e. The third-order valence-electron chi connectivity index (χ3n) is 1.75. The van der Waals surface area contributed by atoms with Crippen LogP contribution in [0.25, 0.3) is 10.4 Å². The van der Waals surface area contributed by atoms with Crippen LogP contribution in [-0.4, -0.2) is 11.3 Å². The number of carbonyl (C=O) groups excluding carboxylic acids is 1. The second kappa shape index (κ2) is 3.67. The highest BCUT2D eigenvalue weighted by molar-refractivity contribution is 7.16. The molecule has 70 valence electrons. The Morgan fingerprint density at radius 2 is 2.00 bits per heavy atom. The first-order valence-electron chi connectivity index (χ1n) is 3.96. The van der Waals surface area contributed by atoms with Gasteiger partial charge in [0.15, 0.2) is 11.3 Å². The summed E-state index contributed by atoms with van der Waals surface area (Å²) in [6.07, 6.45) is 2.32. The molecule has 0 fully saturated rings. The molecule has 1 heterocycles. The number of aromatic nitrogens is 1. The van der Waals surface area contributed by atoms with Crippen LogP contribution in [0, 0.1) is 5.82 Å². The van der Waals surface area contributed by atoms with Gasteiger partial charge >= 0.3 is 0 Å². The van der Waals surface area contributed by atoms with E-state index < -0.39 is 0 Å². The summed E-state index contributed by atoms with van der Waals surface area (Å²) in [5.41, 5.74) is 0.872. The second-order valence-electron chi connectivity index (χ2n) is 2.69. The van der Waals surface area contributed by atoms with Crippen molar-refractivity contribution in [1.82, 2.24) is 4.98 Å². The first-order valence-corrected chi connectivity index (χ1v) is 4.78. The summed E-state index contributed by atoms with van der Waals surface area (Å²) in [5, 5.41) is 0.435. The van der Waals surface area contributed by atoms with E-state index in [-0.39, 0.29) is 5.82 Å². The van der Waals surface area contributed by atoms with Gasteiger partial charge in [-0.1, -0.05) is 12.1 Å².